The van der Waals surface area contributed by atoms with Crippen molar-refractivity contribution in [3.63, 3.8) is 0 Å². The van der Waals surface area contributed by atoms with Crippen LogP contribution < -0.4 is 10.1 Å². The largest absolute Gasteiger partial charge is 0.497 e. The van der Waals surface area contributed by atoms with Crippen molar-refractivity contribution in [2.75, 3.05) is 12.4 Å². The standard InChI is InChI=1S/C19H21ClNO3/c1-13(22)3-10-19(23)17-11-15(20)6-9-18(17)21-12-14-4-7-16(24-2)8-5-14/h4-9,11-13,21-22H,3,10H2,1-2H3. The van der Waals surface area contributed by atoms with Gasteiger partial charge in [-0.3, -0.25) is 4.79 Å². The quantitative estimate of drug-likeness (QED) is 0.699. The molecule has 0 aliphatic heterocycles. The molecule has 0 heterocycles. The lowest BCUT2D eigenvalue weighted by Gasteiger charge is -2.12. The summed E-state index contributed by atoms with van der Waals surface area (Å²) in [5.41, 5.74) is 2.16. The maximum absolute atomic E-state index is 12.4. The van der Waals surface area contributed by atoms with Crippen LogP contribution in [-0.4, -0.2) is 24.1 Å². The van der Waals surface area contributed by atoms with Crippen LogP contribution >= 0.6 is 11.6 Å². The molecular weight excluding hydrogens is 326 g/mol. The Hall–Kier alpha value is -2.04. The van der Waals surface area contributed by atoms with Gasteiger partial charge < -0.3 is 15.2 Å². The Morgan fingerprint density at radius 2 is 2.00 bits per heavy atom. The number of rotatable bonds is 8. The van der Waals surface area contributed by atoms with Crippen molar-refractivity contribution < 1.29 is 14.6 Å². The van der Waals surface area contributed by atoms with Crippen molar-refractivity contribution in [3.05, 3.63) is 65.2 Å². The highest BCUT2D eigenvalue weighted by Gasteiger charge is 2.13. The van der Waals surface area contributed by atoms with Gasteiger partial charge in [-0.2, -0.15) is 0 Å². The minimum atomic E-state index is -0.504. The number of hydrogen-bond acceptors (Lipinski definition) is 4. The molecule has 2 N–H and O–H groups in total. The molecule has 0 bridgehead atoms. The molecule has 0 saturated heterocycles. The number of methoxy groups -OCH3 is 1. The molecule has 0 saturated carbocycles. The van der Waals surface area contributed by atoms with E-state index in [-0.39, 0.29) is 12.2 Å². The van der Waals surface area contributed by atoms with Crippen molar-refractivity contribution in [2.24, 2.45) is 0 Å². The minimum absolute atomic E-state index is 0.0518. The van der Waals surface area contributed by atoms with Crippen LogP contribution in [0.3, 0.4) is 0 Å². The number of halogens is 1. The first-order valence-corrected chi connectivity index (χ1v) is 8.12. The molecule has 24 heavy (non-hydrogen) atoms. The lowest BCUT2D eigenvalue weighted by atomic mass is 10.0. The number of anilines is 1. The fourth-order valence-corrected chi connectivity index (χ4v) is 2.38. The summed E-state index contributed by atoms with van der Waals surface area (Å²) in [6.07, 6.45) is 0.192. The van der Waals surface area contributed by atoms with Crippen LogP contribution in [0.4, 0.5) is 5.69 Å². The van der Waals surface area contributed by atoms with Crippen LogP contribution in [0, 0.1) is 6.54 Å². The van der Waals surface area contributed by atoms with E-state index < -0.39 is 6.10 Å². The predicted molar refractivity (Wildman–Crippen MR) is 96.7 cm³/mol. The predicted octanol–water partition coefficient (Wildman–Crippen LogP) is 4.31. The number of ketones is 1. The molecule has 0 amide bonds. The van der Waals surface area contributed by atoms with Crippen molar-refractivity contribution in [3.8, 4) is 5.75 Å². The van der Waals surface area contributed by atoms with Crippen LogP contribution in [0.5, 0.6) is 5.75 Å². The summed E-state index contributed by atoms with van der Waals surface area (Å²) in [7, 11) is 1.62. The van der Waals surface area contributed by atoms with E-state index in [1.165, 1.54) is 0 Å². The molecule has 1 unspecified atom stereocenters. The lowest BCUT2D eigenvalue weighted by Crippen LogP contribution is -2.09. The average molecular weight is 347 g/mol. The Bertz CT molecular complexity index is 684. The highest BCUT2D eigenvalue weighted by molar-refractivity contribution is 6.31. The van der Waals surface area contributed by atoms with Gasteiger partial charge in [0.2, 0.25) is 0 Å². The van der Waals surface area contributed by atoms with Crippen LogP contribution in [0.25, 0.3) is 0 Å². The molecule has 1 atom stereocenters. The summed E-state index contributed by atoms with van der Waals surface area (Å²) in [4.78, 5) is 12.4. The van der Waals surface area contributed by atoms with Gasteiger partial charge in [-0.1, -0.05) is 23.7 Å². The number of aliphatic hydroxyl groups excluding tert-OH is 1. The fourth-order valence-electron chi connectivity index (χ4n) is 2.21. The van der Waals surface area contributed by atoms with Crippen molar-refractivity contribution in [2.45, 2.75) is 25.9 Å². The number of benzene rings is 2. The van der Waals surface area contributed by atoms with E-state index in [2.05, 4.69) is 5.32 Å². The fraction of sp³-hybridized carbons (Fsp3) is 0.263. The maximum Gasteiger partial charge on any atom is 0.165 e. The zero-order chi connectivity index (χ0) is 17.5. The molecule has 2 rings (SSSR count). The molecular formula is C19H21ClNO3. The zero-order valence-electron chi connectivity index (χ0n) is 13.8. The van der Waals surface area contributed by atoms with E-state index >= 15 is 0 Å². The van der Waals surface area contributed by atoms with Crippen molar-refractivity contribution >= 4 is 23.1 Å². The molecule has 0 fully saturated rings. The number of aliphatic hydroxyl groups is 1. The molecule has 0 aliphatic carbocycles. The second kappa shape index (κ2) is 8.71. The SMILES string of the molecule is COc1ccc([CH]Nc2ccc(Cl)cc2C(=O)CCC(C)O)cc1. The Morgan fingerprint density at radius 3 is 2.62 bits per heavy atom. The van der Waals surface area contributed by atoms with E-state index in [0.29, 0.717) is 22.7 Å². The summed E-state index contributed by atoms with van der Waals surface area (Å²) in [5.74, 6) is 0.733. The second-order valence-electron chi connectivity index (χ2n) is 5.56. The molecule has 2 aromatic rings. The Morgan fingerprint density at radius 1 is 1.29 bits per heavy atom. The topological polar surface area (TPSA) is 58.6 Å². The molecule has 0 spiro atoms. The van der Waals surface area contributed by atoms with Gasteiger partial charge in [0.1, 0.15) is 5.75 Å². The van der Waals surface area contributed by atoms with E-state index in [0.717, 1.165) is 11.3 Å². The first kappa shape index (κ1) is 18.3. The Balaban J connectivity index is 2.09. The number of carbonyl (C=O) groups excluding carboxylic acids is 1. The molecule has 2 aromatic carbocycles. The highest BCUT2D eigenvalue weighted by Crippen LogP contribution is 2.24. The monoisotopic (exact) mass is 346 g/mol. The minimum Gasteiger partial charge on any atom is -0.497 e. The third-order valence-electron chi connectivity index (χ3n) is 3.58. The number of Topliss-reactive ketones (excluding diaryl/α,β-unsaturated/α-hetero) is 1. The van der Waals surface area contributed by atoms with Crippen LogP contribution in [-0.2, 0) is 0 Å². The molecule has 5 heteroatoms. The van der Waals surface area contributed by atoms with Gasteiger partial charge in [0.15, 0.2) is 5.78 Å². The van der Waals surface area contributed by atoms with Crippen LogP contribution in [0.2, 0.25) is 5.02 Å². The lowest BCUT2D eigenvalue weighted by molar-refractivity contribution is 0.0950. The Kier molecular flexibility index (Phi) is 6.64. The van der Waals surface area contributed by atoms with Gasteiger partial charge in [-0.05, 0) is 49.2 Å². The summed E-state index contributed by atoms with van der Waals surface area (Å²) in [5, 5.41) is 13.0. The zero-order valence-corrected chi connectivity index (χ0v) is 14.5. The summed E-state index contributed by atoms with van der Waals surface area (Å²) >= 11 is 6.02. The average Bonchev–Trinajstić information content (AvgIpc) is 2.59. The number of nitrogens with one attached hydrogen (secondary N) is 1. The third kappa shape index (κ3) is 5.25. The first-order valence-electron chi connectivity index (χ1n) is 7.74. The number of carbonyl (C=O) groups is 1. The van der Waals surface area contributed by atoms with Gasteiger partial charge in [-0.25, -0.2) is 0 Å². The van der Waals surface area contributed by atoms with E-state index in [1.54, 1.807) is 32.2 Å². The molecule has 0 aliphatic rings. The number of hydrogen-bond donors (Lipinski definition) is 2. The molecule has 0 aromatic heterocycles. The Labute approximate surface area is 147 Å². The maximum atomic E-state index is 12.4. The smallest absolute Gasteiger partial charge is 0.165 e. The van der Waals surface area contributed by atoms with E-state index in [4.69, 9.17) is 16.3 Å². The van der Waals surface area contributed by atoms with Gasteiger partial charge >= 0.3 is 0 Å². The van der Waals surface area contributed by atoms with Gasteiger partial charge in [0.25, 0.3) is 0 Å². The summed E-state index contributed by atoms with van der Waals surface area (Å²) in [6, 6.07) is 12.7. The van der Waals surface area contributed by atoms with E-state index in [9.17, 15) is 9.90 Å². The van der Waals surface area contributed by atoms with Crippen LogP contribution in [0.15, 0.2) is 42.5 Å². The van der Waals surface area contributed by atoms with Crippen molar-refractivity contribution in [1.82, 2.24) is 0 Å². The van der Waals surface area contributed by atoms with Crippen molar-refractivity contribution in [1.29, 1.82) is 0 Å². The first-order chi connectivity index (χ1) is 11.5. The van der Waals surface area contributed by atoms with Gasteiger partial charge in [0.05, 0.1) is 19.8 Å². The van der Waals surface area contributed by atoms with Gasteiger partial charge in [0, 0.05) is 22.7 Å². The third-order valence-corrected chi connectivity index (χ3v) is 3.82. The molecule has 1 radical (unpaired) electrons. The number of ether oxygens (including phenoxy) is 1. The second-order valence-corrected chi connectivity index (χ2v) is 6.00. The van der Waals surface area contributed by atoms with Gasteiger partial charge in [-0.15, -0.1) is 0 Å². The summed E-state index contributed by atoms with van der Waals surface area (Å²) in [6.45, 7) is 3.48. The molecule has 4 nitrogen and oxygen atoms in total. The highest BCUT2D eigenvalue weighted by atomic mass is 35.5. The summed E-state index contributed by atoms with van der Waals surface area (Å²) < 4.78 is 5.13. The normalized spacial score (nSPS) is 11.8. The molecule has 127 valence electrons. The van der Waals surface area contributed by atoms with Crippen LogP contribution in [0.1, 0.15) is 35.7 Å². The van der Waals surface area contributed by atoms with E-state index in [1.807, 2.05) is 30.8 Å².